The van der Waals surface area contributed by atoms with E-state index in [0.717, 1.165) is 11.3 Å². The minimum atomic E-state index is -0.432. The van der Waals surface area contributed by atoms with Crippen molar-refractivity contribution in [1.82, 2.24) is 38.7 Å². The molecule has 8 rings (SSSR count). The topological polar surface area (TPSA) is 178 Å². The fourth-order valence-electron chi connectivity index (χ4n) is 7.86. The Hall–Kier alpha value is -7.00. The Labute approximate surface area is 390 Å². The van der Waals surface area contributed by atoms with Crippen LogP contribution in [0.5, 0.6) is 5.88 Å². The molecule has 0 bridgehead atoms. The van der Waals surface area contributed by atoms with Crippen molar-refractivity contribution in [3.8, 4) is 29.1 Å². The molecule has 0 saturated carbocycles. The number of pyridine rings is 3. The van der Waals surface area contributed by atoms with Crippen LogP contribution in [0.1, 0.15) is 71.3 Å². The van der Waals surface area contributed by atoms with Gasteiger partial charge in [-0.2, -0.15) is 0 Å². The van der Waals surface area contributed by atoms with Gasteiger partial charge in [-0.15, -0.1) is 0 Å². The highest BCUT2D eigenvalue weighted by atomic mass is 35.5. The zero-order valence-corrected chi connectivity index (χ0v) is 38.5. The van der Waals surface area contributed by atoms with Crippen molar-refractivity contribution in [2.45, 2.75) is 51.8 Å². The standard InChI is InChI=1S/C41H43ClN10O7.C6H5Cl/c1-25(2)52-32-24-51(31-20-28(42)23-47(4)39(31)55)40(56)34(32)46-36(52)30-19-27(21-45-37(30)58-5)38(54)48-15-11-29(12-16-48)59-18-7-10-26-9-6-13-49-33(22-44-35(26)49)50(14-8-17-53)41(57)43-3;7-6-4-2-1-3-5-6/h6,9,13,17,19-23,25,29H,8,11-12,14-16,18,24H2,1-5H3,(H,43,57);1-5H. The molecule has 7 heterocycles. The number of nitrogens with zero attached hydrogens (tertiary/aromatic N) is 9. The van der Waals surface area contributed by atoms with Crippen molar-refractivity contribution in [2.24, 2.45) is 7.05 Å². The largest absolute Gasteiger partial charge is 0.480 e. The van der Waals surface area contributed by atoms with E-state index in [1.165, 1.54) is 47.0 Å². The van der Waals surface area contributed by atoms with Gasteiger partial charge in [0.05, 0.1) is 53.4 Å². The molecule has 1 aromatic carbocycles. The second-order valence-corrected chi connectivity index (χ2v) is 16.5. The van der Waals surface area contributed by atoms with E-state index in [9.17, 15) is 24.0 Å². The molecule has 5 aromatic heterocycles. The molecule has 6 aromatic rings. The number of aromatic nitrogens is 6. The number of methoxy groups -OCH3 is 1. The zero-order chi connectivity index (χ0) is 47.1. The number of fused-ring (bicyclic) bond motifs is 2. The van der Waals surface area contributed by atoms with E-state index in [0.29, 0.717) is 70.6 Å². The number of ether oxygens (including phenoxy) is 2. The maximum absolute atomic E-state index is 13.9. The average molecular weight is 936 g/mol. The first-order chi connectivity index (χ1) is 31.8. The molecular weight excluding hydrogens is 887 g/mol. The number of nitrogens with one attached hydrogen (secondary N) is 1. The fourth-order valence-corrected chi connectivity index (χ4v) is 8.26. The Morgan fingerprint density at radius 3 is 2.45 bits per heavy atom. The molecule has 1 N–H and O–H groups in total. The van der Waals surface area contributed by atoms with Crippen LogP contribution in [0.2, 0.25) is 10.0 Å². The number of carbonyl (C=O) groups excluding carboxylic acids is 4. The third kappa shape index (κ3) is 9.96. The fraction of sp³-hybridized carbons (Fsp3) is 0.319. The first kappa shape index (κ1) is 47.0. The lowest BCUT2D eigenvalue weighted by molar-refractivity contribution is -0.107. The van der Waals surface area contributed by atoms with Gasteiger partial charge in [0.1, 0.15) is 30.2 Å². The minimum absolute atomic E-state index is 0.101. The lowest BCUT2D eigenvalue weighted by Gasteiger charge is -2.31. The van der Waals surface area contributed by atoms with Gasteiger partial charge in [-0.1, -0.05) is 53.2 Å². The number of hydrogen-bond acceptors (Lipinski definition) is 10. The molecule has 342 valence electrons. The Morgan fingerprint density at radius 1 is 1.03 bits per heavy atom. The zero-order valence-electron chi connectivity index (χ0n) is 37.0. The van der Waals surface area contributed by atoms with Crippen LogP contribution in [0.3, 0.4) is 0 Å². The summed E-state index contributed by atoms with van der Waals surface area (Å²) < 4.78 is 16.7. The van der Waals surface area contributed by atoms with Crippen LogP contribution < -0.4 is 25.4 Å². The lowest BCUT2D eigenvalue weighted by atomic mass is 10.1. The summed E-state index contributed by atoms with van der Waals surface area (Å²) in [5.41, 5.74) is 2.65. The van der Waals surface area contributed by atoms with Crippen LogP contribution in [0, 0.1) is 11.8 Å². The van der Waals surface area contributed by atoms with Crippen LogP contribution >= 0.6 is 23.2 Å². The molecule has 19 heteroatoms. The van der Waals surface area contributed by atoms with Crippen molar-refractivity contribution < 1.29 is 28.7 Å². The summed E-state index contributed by atoms with van der Waals surface area (Å²) >= 11 is 11.8. The number of halogens is 2. The van der Waals surface area contributed by atoms with Crippen molar-refractivity contribution in [1.29, 1.82) is 0 Å². The Balaban J connectivity index is 0.000000846. The second-order valence-electron chi connectivity index (χ2n) is 15.6. The van der Waals surface area contributed by atoms with E-state index in [1.54, 1.807) is 34.8 Å². The summed E-state index contributed by atoms with van der Waals surface area (Å²) in [5.74, 6) is 6.74. The van der Waals surface area contributed by atoms with E-state index >= 15 is 0 Å². The maximum Gasteiger partial charge on any atom is 0.322 e. The molecule has 1 saturated heterocycles. The van der Waals surface area contributed by atoms with Gasteiger partial charge in [-0.3, -0.25) is 28.6 Å². The number of piperidine rings is 1. The molecule has 0 unspecified atom stereocenters. The van der Waals surface area contributed by atoms with Crippen LogP contribution in [0.25, 0.3) is 17.0 Å². The van der Waals surface area contributed by atoms with Gasteiger partial charge in [0, 0.05) is 69.8 Å². The molecule has 0 atom stereocenters. The Kier molecular flexibility index (Phi) is 14.9. The third-order valence-corrected chi connectivity index (χ3v) is 11.5. The van der Waals surface area contributed by atoms with Gasteiger partial charge in [0.2, 0.25) is 5.88 Å². The molecule has 66 heavy (non-hydrogen) atoms. The first-order valence-corrected chi connectivity index (χ1v) is 21.9. The monoisotopic (exact) mass is 934 g/mol. The van der Waals surface area contributed by atoms with Crippen molar-refractivity contribution >= 4 is 64.5 Å². The molecule has 1 fully saturated rings. The minimum Gasteiger partial charge on any atom is -0.480 e. The Morgan fingerprint density at radius 2 is 1.79 bits per heavy atom. The SMILES string of the molecule is CNC(=O)N(CCC=O)c1cnc2c(C#CCOC3CCN(C(=O)c4cnc(OC)c(-c5nc6c(n5C(C)C)CN(c5cc(Cl)cn(C)c5=O)C6=O)c4)CC3)cccn12.Clc1ccccc1. The number of urea groups is 1. The number of imidazole rings is 2. The molecular formula is C47H48Cl2N10O7. The highest BCUT2D eigenvalue weighted by Gasteiger charge is 2.38. The van der Waals surface area contributed by atoms with E-state index in [1.807, 2.05) is 60.9 Å². The number of hydrogen-bond donors (Lipinski definition) is 1. The van der Waals surface area contributed by atoms with Crippen molar-refractivity contribution in [3.05, 3.63) is 122 Å². The molecule has 4 amide bonds. The first-order valence-electron chi connectivity index (χ1n) is 21.2. The molecule has 0 aliphatic carbocycles. The molecule has 2 aliphatic rings. The van der Waals surface area contributed by atoms with Gasteiger partial charge in [0.15, 0.2) is 11.3 Å². The summed E-state index contributed by atoms with van der Waals surface area (Å²) in [6.07, 6.45) is 8.38. The summed E-state index contributed by atoms with van der Waals surface area (Å²) in [4.78, 5) is 82.4. The number of aldehydes is 1. The van der Waals surface area contributed by atoms with Gasteiger partial charge in [0.25, 0.3) is 17.4 Å². The third-order valence-electron chi connectivity index (χ3n) is 11.0. The molecule has 17 nitrogen and oxygen atoms in total. The predicted octanol–water partition coefficient (Wildman–Crippen LogP) is 6.44. The average Bonchev–Trinajstić information content (AvgIpc) is 4.02. The maximum atomic E-state index is 13.9. The highest BCUT2D eigenvalue weighted by Crippen LogP contribution is 2.37. The molecule has 0 spiro atoms. The number of aryl methyl sites for hydroxylation is 1. The quantitative estimate of drug-likeness (QED) is 0.112. The van der Waals surface area contributed by atoms with Gasteiger partial charge >= 0.3 is 6.03 Å². The normalized spacial score (nSPS) is 13.5. The second kappa shape index (κ2) is 20.9. The van der Waals surface area contributed by atoms with E-state index in [2.05, 4.69) is 27.1 Å². The Bertz CT molecular complexity index is 2890. The van der Waals surface area contributed by atoms with Crippen LogP contribution in [0.4, 0.5) is 16.3 Å². The molecule has 2 aliphatic heterocycles. The lowest BCUT2D eigenvalue weighted by Crippen LogP contribution is -2.41. The summed E-state index contributed by atoms with van der Waals surface area (Å²) in [7, 11) is 4.58. The number of rotatable bonds is 11. The number of likely N-dealkylation sites (tertiary alicyclic amines) is 1. The molecule has 0 radical (unpaired) electrons. The van der Waals surface area contributed by atoms with Crippen LogP contribution in [-0.4, -0.2) is 104 Å². The van der Waals surface area contributed by atoms with E-state index < -0.39 is 5.91 Å². The van der Waals surface area contributed by atoms with Crippen molar-refractivity contribution in [3.63, 3.8) is 0 Å². The summed E-state index contributed by atoms with van der Waals surface area (Å²) in [6.45, 7) is 5.33. The highest BCUT2D eigenvalue weighted by molar-refractivity contribution is 6.31. The summed E-state index contributed by atoms with van der Waals surface area (Å²) in [5, 5.41) is 3.72. The van der Waals surface area contributed by atoms with Crippen molar-refractivity contribution in [2.75, 3.05) is 50.2 Å². The van der Waals surface area contributed by atoms with Gasteiger partial charge in [-0.05, 0) is 63.1 Å². The van der Waals surface area contributed by atoms with Gasteiger partial charge < -0.3 is 33.6 Å². The number of anilines is 2. The van der Waals surface area contributed by atoms with Gasteiger partial charge in [-0.25, -0.2) is 19.7 Å². The number of benzene rings is 1. The number of carbonyl (C=O) groups is 4. The van der Waals surface area contributed by atoms with E-state index in [4.69, 9.17) is 37.7 Å². The van der Waals surface area contributed by atoms with E-state index in [-0.39, 0.29) is 73.0 Å². The van der Waals surface area contributed by atoms with Crippen LogP contribution in [-0.2, 0) is 23.1 Å². The van der Waals surface area contributed by atoms with Crippen LogP contribution in [0.15, 0.2) is 84.2 Å². The smallest absolute Gasteiger partial charge is 0.322 e. The predicted molar refractivity (Wildman–Crippen MR) is 250 cm³/mol. The number of amides is 4. The summed E-state index contributed by atoms with van der Waals surface area (Å²) in [6, 6.07) is 15.8.